The van der Waals surface area contributed by atoms with Crippen molar-refractivity contribution >= 4 is 40.8 Å². The molecule has 33 heavy (non-hydrogen) atoms. The third-order valence-electron chi connectivity index (χ3n) is 5.99. The summed E-state index contributed by atoms with van der Waals surface area (Å²) in [5, 5.41) is 11.2. The zero-order valence-electron chi connectivity index (χ0n) is 17.3. The van der Waals surface area contributed by atoms with Crippen LogP contribution >= 0.6 is 34.8 Å². The van der Waals surface area contributed by atoms with Gasteiger partial charge in [0.05, 0.1) is 12.6 Å². The van der Waals surface area contributed by atoms with Crippen LogP contribution in [-0.2, 0) is 23.7 Å². The fourth-order valence-corrected chi connectivity index (χ4v) is 4.64. The number of nitrogens with zero attached hydrogens (tertiary/aromatic N) is 1. The lowest BCUT2D eigenvalue weighted by atomic mass is 10.0. The second kappa shape index (κ2) is 9.32. The highest BCUT2D eigenvalue weighted by Crippen LogP contribution is 2.49. The summed E-state index contributed by atoms with van der Waals surface area (Å²) >= 11 is 17.3. The molecule has 0 amide bonds. The molecule has 0 aromatic heterocycles. The fourth-order valence-electron chi connectivity index (χ4n) is 4.48. The zero-order chi connectivity index (χ0) is 23.2. The minimum absolute atomic E-state index is 0.256. The van der Waals surface area contributed by atoms with Gasteiger partial charge in [-0.05, 0) is 5.56 Å². The molecule has 7 nitrogen and oxygen atoms in total. The second-order valence-electron chi connectivity index (χ2n) is 8.21. The number of fused-ring (bicyclic) bond motifs is 2. The third kappa shape index (κ3) is 4.88. The Bertz CT molecular complexity index is 975. The van der Waals surface area contributed by atoms with Crippen LogP contribution in [0, 0.1) is 0 Å². The normalized spacial score (nSPS) is 34.0. The molecule has 3 heterocycles. The predicted molar refractivity (Wildman–Crippen MR) is 121 cm³/mol. The number of alkyl halides is 3. The summed E-state index contributed by atoms with van der Waals surface area (Å²) < 4.78 is 21.6. The minimum Gasteiger partial charge on any atom is -0.460 e. The number of rotatable bonds is 5. The molecule has 1 N–H and O–H groups in total. The number of carbonyl (C=O) groups is 1. The largest absolute Gasteiger partial charge is 0.460 e. The van der Waals surface area contributed by atoms with Crippen molar-refractivity contribution in [2.45, 2.75) is 46.7 Å². The Labute approximate surface area is 206 Å². The van der Waals surface area contributed by atoms with Gasteiger partial charge in [-0.2, -0.15) is 0 Å². The van der Waals surface area contributed by atoms with Crippen molar-refractivity contribution < 1.29 is 28.8 Å². The number of carbonyl (C=O) groups excluding carboxylic acids is 1. The Morgan fingerprint density at radius 3 is 2.42 bits per heavy atom. The van der Waals surface area contributed by atoms with Gasteiger partial charge in [0.1, 0.15) is 37.2 Å². The smallest absolute Gasteiger partial charge is 0.328 e. The molecule has 0 aliphatic carbocycles. The molecule has 3 aliphatic heterocycles. The first-order chi connectivity index (χ1) is 15.8. The van der Waals surface area contributed by atoms with Crippen LogP contribution in [0.3, 0.4) is 0 Å². The minimum atomic E-state index is -1.73. The van der Waals surface area contributed by atoms with Crippen LogP contribution in [0.15, 0.2) is 60.7 Å². The highest BCUT2D eigenvalue weighted by atomic mass is 35.6. The quantitative estimate of drug-likeness (QED) is 0.372. The van der Waals surface area contributed by atoms with E-state index in [1.54, 1.807) is 17.0 Å². The SMILES string of the molecule is O=C(OCC(Cl)(Cl)Cl)C(c1ccccc1)N1C2OC3COC(c4ccccc4)O[C@H]3[C@H](O)C21. The van der Waals surface area contributed by atoms with Crippen molar-refractivity contribution in [3.8, 4) is 0 Å². The molecule has 2 aromatic rings. The summed E-state index contributed by atoms with van der Waals surface area (Å²) in [4.78, 5) is 14.8. The van der Waals surface area contributed by atoms with E-state index in [1.165, 1.54) is 0 Å². The predicted octanol–water partition coefficient (Wildman–Crippen LogP) is 3.53. The first kappa shape index (κ1) is 23.3. The topological polar surface area (TPSA) is 77.2 Å². The molecular weight excluding hydrogens is 493 g/mol. The maximum absolute atomic E-state index is 13.0. The standard InChI is InChI=1S/C23H22Cl3NO6/c24-23(25,26)12-31-21(29)16(13-7-3-1-4-8-13)27-17-18(28)19-15(32-20(17)27)11-30-22(33-19)14-9-5-2-6-10-14/h1-10,15-20,22,28H,11-12H2/t15?,16?,17?,18-,19-,20?,22?,27?/m1/s1. The Morgan fingerprint density at radius 1 is 1.09 bits per heavy atom. The van der Waals surface area contributed by atoms with Crippen LogP contribution in [0.4, 0.5) is 0 Å². The first-order valence-electron chi connectivity index (χ1n) is 10.5. The summed E-state index contributed by atoms with van der Waals surface area (Å²) in [7, 11) is 0. The maximum atomic E-state index is 13.0. The highest BCUT2D eigenvalue weighted by Gasteiger charge is 2.66. The summed E-state index contributed by atoms with van der Waals surface area (Å²) in [5.41, 5.74) is 1.54. The van der Waals surface area contributed by atoms with E-state index in [0.29, 0.717) is 5.56 Å². The molecule has 3 aliphatic rings. The molecule has 10 heteroatoms. The van der Waals surface area contributed by atoms with E-state index in [9.17, 15) is 9.90 Å². The van der Waals surface area contributed by atoms with Gasteiger partial charge in [-0.3, -0.25) is 0 Å². The van der Waals surface area contributed by atoms with E-state index in [1.807, 2.05) is 48.5 Å². The van der Waals surface area contributed by atoms with E-state index < -0.39 is 59.3 Å². The summed E-state index contributed by atoms with van der Waals surface area (Å²) in [6.45, 7) is -0.139. The number of aliphatic hydroxyl groups is 1. The van der Waals surface area contributed by atoms with Crippen molar-refractivity contribution in [1.82, 2.24) is 4.90 Å². The molecule has 0 saturated carbocycles. The monoisotopic (exact) mass is 513 g/mol. The molecule has 8 atom stereocenters. The van der Waals surface area contributed by atoms with Crippen LogP contribution in [0.2, 0.25) is 0 Å². The summed E-state index contributed by atoms with van der Waals surface area (Å²) in [5.74, 6) is -0.597. The molecule has 5 rings (SSSR count). The maximum Gasteiger partial charge on any atom is 0.328 e. The fraction of sp³-hybridized carbons (Fsp3) is 0.435. The highest BCUT2D eigenvalue weighted by molar-refractivity contribution is 6.67. The van der Waals surface area contributed by atoms with Gasteiger partial charge in [0.15, 0.2) is 6.29 Å². The average Bonchev–Trinajstić information content (AvgIpc) is 3.52. The van der Waals surface area contributed by atoms with E-state index in [2.05, 4.69) is 0 Å². The first-order valence-corrected chi connectivity index (χ1v) is 11.7. The van der Waals surface area contributed by atoms with Gasteiger partial charge < -0.3 is 24.1 Å². The van der Waals surface area contributed by atoms with Crippen LogP contribution in [0.25, 0.3) is 0 Å². The lowest BCUT2D eigenvalue weighted by molar-refractivity contribution is -0.296. The van der Waals surface area contributed by atoms with E-state index in [-0.39, 0.29) is 6.61 Å². The molecular formula is C23H22Cl3NO6. The van der Waals surface area contributed by atoms with E-state index in [0.717, 1.165) is 5.56 Å². The van der Waals surface area contributed by atoms with Gasteiger partial charge in [0, 0.05) is 5.56 Å². The molecule has 0 radical (unpaired) electrons. The van der Waals surface area contributed by atoms with E-state index in [4.69, 9.17) is 53.8 Å². The van der Waals surface area contributed by atoms with Crippen molar-refractivity contribution in [2.75, 3.05) is 13.2 Å². The van der Waals surface area contributed by atoms with Gasteiger partial charge in [-0.25, -0.2) is 9.69 Å². The average molecular weight is 515 g/mol. The van der Waals surface area contributed by atoms with Crippen molar-refractivity contribution in [3.05, 3.63) is 71.8 Å². The van der Waals surface area contributed by atoms with Crippen molar-refractivity contribution in [3.63, 3.8) is 0 Å². The Kier molecular flexibility index (Phi) is 6.59. The number of aliphatic hydroxyl groups excluding tert-OH is 1. The number of benzene rings is 2. The van der Waals surface area contributed by atoms with Crippen molar-refractivity contribution in [1.29, 1.82) is 0 Å². The van der Waals surface area contributed by atoms with Crippen LogP contribution in [-0.4, -0.2) is 63.6 Å². The Hall–Kier alpha value is -1.42. The van der Waals surface area contributed by atoms with Crippen LogP contribution in [0.5, 0.6) is 0 Å². The Morgan fingerprint density at radius 2 is 1.76 bits per heavy atom. The second-order valence-corrected chi connectivity index (χ2v) is 10.7. The number of hydrogen-bond donors (Lipinski definition) is 1. The Balaban J connectivity index is 1.35. The van der Waals surface area contributed by atoms with Gasteiger partial charge >= 0.3 is 5.97 Å². The van der Waals surface area contributed by atoms with E-state index >= 15 is 0 Å². The number of hydrogen-bond acceptors (Lipinski definition) is 7. The number of ether oxygens (including phenoxy) is 4. The number of halogens is 3. The molecule has 0 spiro atoms. The lowest BCUT2D eigenvalue weighted by Crippen LogP contribution is -2.54. The van der Waals surface area contributed by atoms with Crippen LogP contribution in [0.1, 0.15) is 23.5 Å². The third-order valence-corrected chi connectivity index (χ3v) is 6.31. The van der Waals surface area contributed by atoms with Gasteiger partial charge in [0.2, 0.25) is 3.79 Å². The van der Waals surface area contributed by atoms with Gasteiger partial charge in [-0.15, -0.1) is 0 Å². The van der Waals surface area contributed by atoms with Gasteiger partial charge in [0.25, 0.3) is 0 Å². The molecule has 3 saturated heterocycles. The summed E-state index contributed by atoms with van der Waals surface area (Å²) in [6.07, 6.45) is -3.07. The molecule has 3 fully saturated rings. The lowest BCUT2D eigenvalue weighted by Gasteiger charge is -2.40. The van der Waals surface area contributed by atoms with Crippen LogP contribution < -0.4 is 0 Å². The van der Waals surface area contributed by atoms with Gasteiger partial charge in [-0.1, -0.05) is 95.5 Å². The molecule has 176 valence electrons. The number of esters is 1. The van der Waals surface area contributed by atoms with Crippen molar-refractivity contribution in [2.24, 2.45) is 0 Å². The zero-order valence-corrected chi connectivity index (χ0v) is 19.6. The molecule has 2 aromatic carbocycles. The molecule has 6 unspecified atom stereocenters. The summed E-state index contributed by atoms with van der Waals surface area (Å²) in [6, 6.07) is 17.3. The molecule has 0 bridgehead atoms.